The van der Waals surface area contributed by atoms with Crippen molar-refractivity contribution in [2.75, 3.05) is 18.5 Å². The standard InChI is InChI=1S/C16H15NO6/c18-15(13-10-3-4-11(23-10)14(13)16(19)20)17-8-1-2-9-12(7-8)22-6-5-21-9/h1-4,7,10-11,13-14H,5-6H2,(H,17,18)(H,19,20)/t10-,11-,13-,14-/m0/s1. The molecule has 1 aromatic carbocycles. The summed E-state index contributed by atoms with van der Waals surface area (Å²) in [4.78, 5) is 23.9. The zero-order chi connectivity index (χ0) is 16.0. The fourth-order valence-electron chi connectivity index (χ4n) is 3.26. The molecular formula is C16H15NO6. The highest BCUT2D eigenvalue weighted by molar-refractivity contribution is 5.96. The number of benzene rings is 1. The molecule has 23 heavy (non-hydrogen) atoms. The van der Waals surface area contributed by atoms with Gasteiger partial charge in [0.1, 0.15) is 19.1 Å². The van der Waals surface area contributed by atoms with E-state index in [2.05, 4.69) is 5.32 Å². The average molecular weight is 317 g/mol. The largest absolute Gasteiger partial charge is 0.486 e. The van der Waals surface area contributed by atoms with Gasteiger partial charge in [0.05, 0.1) is 18.1 Å². The van der Waals surface area contributed by atoms with Gasteiger partial charge in [-0.15, -0.1) is 0 Å². The van der Waals surface area contributed by atoms with Crippen molar-refractivity contribution in [3.8, 4) is 11.5 Å². The summed E-state index contributed by atoms with van der Waals surface area (Å²) in [5.74, 6) is -1.80. The lowest BCUT2D eigenvalue weighted by molar-refractivity contribution is -0.145. The van der Waals surface area contributed by atoms with E-state index >= 15 is 0 Å². The fraction of sp³-hybridized carbons (Fsp3) is 0.375. The Morgan fingerprint density at radius 2 is 1.74 bits per heavy atom. The number of carbonyl (C=O) groups is 2. The molecule has 3 heterocycles. The minimum Gasteiger partial charge on any atom is -0.486 e. The molecule has 4 atom stereocenters. The third kappa shape index (κ3) is 2.33. The highest BCUT2D eigenvalue weighted by atomic mass is 16.6. The van der Waals surface area contributed by atoms with Gasteiger partial charge in [0, 0.05) is 11.8 Å². The van der Waals surface area contributed by atoms with E-state index in [0.29, 0.717) is 30.4 Å². The summed E-state index contributed by atoms with van der Waals surface area (Å²) >= 11 is 0. The van der Waals surface area contributed by atoms with Crippen LogP contribution in [0.5, 0.6) is 11.5 Å². The number of carboxylic acid groups (broad SMARTS) is 1. The molecule has 1 amide bonds. The van der Waals surface area contributed by atoms with Gasteiger partial charge in [-0.3, -0.25) is 9.59 Å². The maximum Gasteiger partial charge on any atom is 0.310 e. The van der Waals surface area contributed by atoms with Crippen LogP contribution in [0.15, 0.2) is 30.4 Å². The number of fused-ring (bicyclic) bond motifs is 3. The third-order valence-corrected chi connectivity index (χ3v) is 4.30. The average Bonchev–Trinajstić information content (AvgIpc) is 3.15. The van der Waals surface area contributed by atoms with Crippen molar-refractivity contribution in [2.24, 2.45) is 11.8 Å². The second-order valence-corrected chi connectivity index (χ2v) is 5.69. The summed E-state index contributed by atoms with van der Waals surface area (Å²) in [6.07, 6.45) is 2.43. The Labute approximate surface area is 131 Å². The Bertz CT molecular complexity index is 700. The molecule has 3 aliphatic rings. The lowest BCUT2D eigenvalue weighted by Gasteiger charge is -2.22. The van der Waals surface area contributed by atoms with E-state index in [1.165, 1.54) is 0 Å². The second kappa shape index (κ2) is 5.27. The van der Waals surface area contributed by atoms with Gasteiger partial charge in [-0.25, -0.2) is 0 Å². The number of anilines is 1. The van der Waals surface area contributed by atoms with Gasteiger partial charge in [0.2, 0.25) is 5.91 Å². The quantitative estimate of drug-likeness (QED) is 0.809. The van der Waals surface area contributed by atoms with E-state index < -0.39 is 30.0 Å². The highest BCUT2D eigenvalue weighted by Gasteiger charge is 2.53. The Kier molecular flexibility index (Phi) is 3.23. The first-order chi connectivity index (χ1) is 11.1. The maximum absolute atomic E-state index is 12.5. The predicted molar refractivity (Wildman–Crippen MR) is 78.5 cm³/mol. The summed E-state index contributed by atoms with van der Waals surface area (Å²) in [6, 6.07) is 5.09. The zero-order valence-corrected chi connectivity index (χ0v) is 12.1. The van der Waals surface area contributed by atoms with Crippen molar-refractivity contribution in [1.82, 2.24) is 0 Å². The molecule has 3 aliphatic heterocycles. The number of hydrogen-bond donors (Lipinski definition) is 2. The van der Waals surface area contributed by atoms with Crippen LogP contribution in [0.25, 0.3) is 0 Å². The van der Waals surface area contributed by atoms with Crippen LogP contribution < -0.4 is 14.8 Å². The Hall–Kier alpha value is -2.54. The van der Waals surface area contributed by atoms with Crippen LogP contribution in [0.1, 0.15) is 0 Å². The third-order valence-electron chi connectivity index (χ3n) is 4.30. The smallest absolute Gasteiger partial charge is 0.310 e. The van der Waals surface area contributed by atoms with E-state index in [-0.39, 0.29) is 5.91 Å². The van der Waals surface area contributed by atoms with Crippen molar-refractivity contribution in [1.29, 1.82) is 0 Å². The lowest BCUT2D eigenvalue weighted by Crippen LogP contribution is -2.39. The summed E-state index contributed by atoms with van der Waals surface area (Å²) < 4.78 is 16.4. The monoisotopic (exact) mass is 317 g/mol. The minimum absolute atomic E-state index is 0.370. The molecule has 0 spiro atoms. The molecule has 7 heteroatoms. The number of nitrogens with one attached hydrogen (secondary N) is 1. The normalized spacial score (nSPS) is 30.3. The first-order valence-electron chi connectivity index (χ1n) is 7.40. The van der Waals surface area contributed by atoms with Gasteiger partial charge in [-0.1, -0.05) is 12.2 Å². The molecular weight excluding hydrogens is 302 g/mol. The van der Waals surface area contributed by atoms with E-state index in [9.17, 15) is 14.7 Å². The number of aliphatic carboxylic acids is 1. The molecule has 1 saturated heterocycles. The topological polar surface area (TPSA) is 94.1 Å². The summed E-state index contributed by atoms with van der Waals surface area (Å²) in [5, 5.41) is 12.1. The van der Waals surface area contributed by atoms with Crippen molar-refractivity contribution in [2.45, 2.75) is 12.2 Å². The molecule has 0 unspecified atom stereocenters. The van der Waals surface area contributed by atoms with E-state index in [1.807, 2.05) is 0 Å². The first-order valence-corrected chi connectivity index (χ1v) is 7.40. The van der Waals surface area contributed by atoms with Gasteiger partial charge >= 0.3 is 5.97 Å². The SMILES string of the molecule is O=C(O)[C@@H]1[C@@H](C(=O)Nc2ccc3c(c2)OCCO3)[C@@H]2C=C[C@@H]1O2. The molecule has 0 aromatic heterocycles. The second-order valence-electron chi connectivity index (χ2n) is 5.69. The van der Waals surface area contributed by atoms with Crippen LogP contribution in [0, 0.1) is 11.8 Å². The molecule has 2 bridgehead atoms. The molecule has 1 aromatic rings. The maximum atomic E-state index is 12.5. The predicted octanol–water partition coefficient (Wildman–Crippen LogP) is 1.05. The van der Waals surface area contributed by atoms with Crippen molar-refractivity contribution >= 4 is 17.6 Å². The summed E-state index contributed by atoms with van der Waals surface area (Å²) in [5.41, 5.74) is 0.537. The Balaban J connectivity index is 1.54. The van der Waals surface area contributed by atoms with Crippen LogP contribution in [-0.2, 0) is 14.3 Å². The van der Waals surface area contributed by atoms with Crippen LogP contribution >= 0.6 is 0 Å². The van der Waals surface area contributed by atoms with E-state index in [1.54, 1.807) is 30.4 Å². The number of rotatable bonds is 3. The van der Waals surface area contributed by atoms with Crippen LogP contribution in [-0.4, -0.2) is 42.4 Å². The van der Waals surface area contributed by atoms with Gasteiger partial charge in [0.15, 0.2) is 11.5 Å². The Morgan fingerprint density at radius 1 is 1.04 bits per heavy atom. The van der Waals surface area contributed by atoms with Crippen LogP contribution in [0.4, 0.5) is 5.69 Å². The fourth-order valence-corrected chi connectivity index (χ4v) is 3.26. The molecule has 0 radical (unpaired) electrons. The molecule has 7 nitrogen and oxygen atoms in total. The van der Waals surface area contributed by atoms with Gasteiger partial charge in [-0.2, -0.15) is 0 Å². The molecule has 120 valence electrons. The number of ether oxygens (including phenoxy) is 3. The lowest BCUT2D eigenvalue weighted by atomic mass is 9.82. The van der Waals surface area contributed by atoms with Gasteiger partial charge in [-0.05, 0) is 12.1 Å². The molecule has 4 rings (SSSR count). The van der Waals surface area contributed by atoms with Crippen LogP contribution in [0.2, 0.25) is 0 Å². The van der Waals surface area contributed by atoms with Crippen molar-refractivity contribution < 1.29 is 28.9 Å². The molecule has 0 aliphatic carbocycles. The first kappa shape index (κ1) is 14.1. The molecule has 2 N–H and O–H groups in total. The molecule has 0 saturated carbocycles. The zero-order valence-electron chi connectivity index (χ0n) is 12.1. The van der Waals surface area contributed by atoms with Gasteiger partial charge < -0.3 is 24.6 Å². The number of amides is 1. The minimum atomic E-state index is -1.02. The van der Waals surface area contributed by atoms with E-state index in [4.69, 9.17) is 14.2 Å². The number of hydrogen-bond acceptors (Lipinski definition) is 5. The van der Waals surface area contributed by atoms with Crippen molar-refractivity contribution in [3.63, 3.8) is 0 Å². The summed E-state index contributed by atoms with van der Waals surface area (Å²) in [7, 11) is 0. The van der Waals surface area contributed by atoms with E-state index in [0.717, 1.165) is 0 Å². The number of carbonyl (C=O) groups excluding carboxylic acids is 1. The Morgan fingerprint density at radius 3 is 2.48 bits per heavy atom. The summed E-state index contributed by atoms with van der Waals surface area (Å²) in [6.45, 7) is 0.949. The van der Waals surface area contributed by atoms with Gasteiger partial charge in [0.25, 0.3) is 0 Å². The van der Waals surface area contributed by atoms with Crippen molar-refractivity contribution in [3.05, 3.63) is 30.4 Å². The van der Waals surface area contributed by atoms with Crippen LogP contribution in [0.3, 0.4) is 0 Å². The highest BCUT2D eigenvalue weighted by Crippen LogP contribution is 2.40. The molecule has 1 fully saturated rings. The number of carboxylic acids is 1.